The summed E-state index contributed by atoms with van der Waals surface area (Å²) in [4.78, 5) is 5.42. The van der Waals surface area contributed by atoms with Gasteiger partial charge in [-0.2, -0.15) is 0 Å². The molecular weight excluding hydrogens is 222 g/mol. The quantitative estimate of drug-likeness (QED) is 0.783. The van der Waals surface area contributed by atoms with Crippen LogP contribution < -0.4 is 5.32 Å². The molecule has 3 nitrogen and oxygen atoms in total. The Bertz CT molecular complexity index is 244. The molecular formula is C15H31N3. The average molecular weight is 253 g/mol. The lowest BCUT2D eigenvalue weighted by atomic mass is 10.0. The van der Waals surface area contributed by atoms with Gasteiger partial charge in [0.25, 0.3) is 0 Å². The fourth-order valence-corrected chi connectivity index (χ4v) is 3.51. The largest absolute Gasteiger partial charge is 0.299 e. The van der Waals surface area contributed by atoms with Gasteiger partial charge in [-0.1, -0.05) is 26.7 Å². The van der Waals surface area contributed by atoms with E-state index in [2.05, 4.69) is 29.0 Å². The number of piperazine rings is 1. The molecule has 1 atom stereocenters. The summed E-state index contributed by atoms with van der Waals surface area (Å²) in [5.74, 6) is 0. The number of rotatable bonds is 6. The third-order valence-corrected chi connectivity index (χ3v) is 4.60. The van der Waals surface area contributed by atoms with Gasteiger partial charge in [0.05, 0.1) is 5.66 Å². The first-order chi connectivity index (χ1) is 8.80. The molecule has 0 aromatic rings. The van der Waals surface area contributed by atoms with Gasteiger partial charge in [0.1, 0.15) is 0 Å². The lowest BCUT2D eigenvalue weighted by Crippen LogP contribution is -2.66. The molecule has 18 heavy (non-hydrogen) atoms. The lowest BCUT2D eigenvalue weighted by molar-refractivity contribution is 0.0224. The van der Waals surface area contributed by atoms with Crippen LogP contribution in [0.5, 0.6) is 0 Å². The predicted octanol–water partition coefficient (Wildman–Crippen LogP) is 2.28. The fraction of sp³-hybridized carbons (Fsp3) is 1.00. The molecule has 0 aromatic heterocycles. The Morgan fingerprint density at radius 2 is 1.83 bits per heavy atom. The van der Waals surface area contributed by atoms with E-state index in [1.54, 1.807) is 0 Å². The summed E-state index contributed by atoms with van der Waals surface area (Å²) >= 11 is 0. The van der Waals surface area contributed by atoms with Crippen molar-refractivity contribution >= 4 is 0 Å². The van der Waals surface area contributed by atoms with Gasteiger partial charge < -0.3 is 0 Å². The van der Waals surface area contributed by atoms with E-state index in [9.17, 15) is 0 Å². The van der Waals surface area contributed by atoms with Crippen molar-refractivity contribution in [3.63, 3.8) is 0 Å². The molecule has 1 N–H and O–H groups in total. The molecule has 2 rings (SSSR count). The molecule has 2 saturated heterocycles. The van der Waals surface area contributed by atoms with Gasteiger partial charge >= 0.3 is 0 Å². The molecule has 2 aliphatic heterocycles. The van der Waals surface area contributed by atoms with Crippen molar-refractivity contribution in [3.05, 3.63) is 0 Å². The van der Waals surface area contributed by atoms with Gasteiger partial charge in [-0.15, -0.1) is 0 Å². The Labute approximate surface area is 113 Å². The van der Waals surface area contributed by atoms with Crippen LogP contribution in [-0.4, -0.2) is 54.7 Å². The van der Waals surface area contributed by atoms with Gasteiger partial charge in [0.15, 0.2) is 0 Å². The Balaban J connectivity index is 1.91. The van der Waals surface area contributed by atoms with Gasteiger partial charge in [-0.3, -0.25) is 15.1 Å². The van der Waals surface area contributed by atoms with Crippen LogP contribution in [0.3, 0.4) is 0 Å². The van der Waals surface area contributed by atoms with Crippen molar-refractivity contribution in [3.8, 4) is 0 Å². The summed E-state index contributed by atoms with van der Waals surface area (Å²) in [6.45, 7) is 12.1. The van der Waals surface area contributed by atoms with E-state index in [1.807, 2.05) is 0 Å². The van der Waals surface area contributed by atoms with E-state index in [1.165, 1.54) is 77.8 Å². The normalized spacial score (nSPS) is 30.3. The van der Waals surface area contributed by atoms with Crippen molar-refractivity contribution in [2.24, 2.45) is 0 Å². The smallest absolute Gasteiger partial charge is 0.0844 e. The predicted molar refractivity (Wildman–Crippen MR) is 77.8 cm³/mol. The molecule has 2 heterocycles. The molecule has 0 saturated carbocycles. The summed E-state index contributed by atoms with van der Waals surface area (Å²) in [6, 6.07) is 0. The Kier molecular flexibility index (Phi) is 5.46. The number of hydrogen-bond donors (Lipinski definition) is 1. The molecule has 0 radical (unpaired) electrons. The second kappa shape index (κ2) is 6.88. The Morgan fingerprint density at radius 1 is 1.06 bits per heavy atom. The first-order valence-electron chi connectivity index (χ1n) is 8.03. The Morgan fingerprint density at radius 3 is 2.61 bits per heavy atom. The third-order valence-electron chi connectivity index (χ3n) is 4.60. The number of likely N-dealkylation sites (tertiary alicyclic amines) is 1. The minimum Gasteiger partial charge on any atom is -0.299 e. The maximum atomic E-state index is 3.84. The van der Waals surface area contributed by atoms with Crippen molar-refractivity contribution in [2.75, 3.05) is 39.3 Å². The molecule has 106 valence electrons. The molecule has 0 aromatic carbocycles. The first kappa shape index (κ1) is 14.3. The molecule has 0 aliphatic carbocycles. The van der Waals surface area contributed by atoms with Crippen molar-refractivity contribution in [1.29, 1.82) is 0 Å². The second-order valence-corrected chi connectivity index (χ2v) is 6.03. The molecule has 0 bridgehead atoms. The summed E-state index contributed by atoms with van der Waals surface area (Å²) < 4.78 is 0. The van der Waals surface area contributed by atoms with Crippen molar-refractivity contribution in [1.82, 2.24) is 15.1 Å². The van der Waals surface area contributed by atoms with Gasteiger partial charge in [-0.25, -0.2) is 0 Å². The zero-order valence-corrected chi connectivity index (χ0v) is 12.4. The van der Waals surface area contributed by atoms with E-state index in [4.69, 9.17) is 0 Å². The molecule has 3 heteroatoms. The van der Waals surface area contributed by atoms with E-state index in [-0.39, 0.29) is 0 Å². The standard InChI is InChI=1S/C15H31N3/c1-3-5-10-17-13-9-16-15(14-17)8-7-12-18(15)11-6-4-2/h16H,3-14H2,1-2H3. The highest BCUT2D eigenvalue weighted by Crippen LogP contribution is 2.30. The third kappa shape index (κ3) is 3.25. The van der Waals surface area contributed by atoms with Crippen LogP contribution >= 0.6 is 0 Å². The number of unbranched alkanes of at least 4 members (excludes halogenated alkanes) is 2. The van der Waals surface area contributed by atoms with E-state index < -0.39 is 0 Å². The SMILES string of the molecule is CCCCN1CCNC2(CCCN2CCCC)C1. The number of hydrogen-bond acceptors (Lipinski definition) is 3. The van der Waals surface area contributed by atoms with Crippen molar-refractivity contribution in [2.45, 2.75) is 58.0 Å². The highest BCUT2D eigenvalue weighted by atomic mass is 15.4. The Hall–Kier alpha value is -0.120. The van der Waals surface area contributed by atoms with E-state index in [0.717, 1.165) is 0 Å². The van der Waals surface area contributed by atoms with Gasteiger partial charge in [0.2, 0.25) is 0 Å². The monoisotopic (exact) mass is 253 g/mol. The molecule has 1 spiro atoms. The summed E-state index contributed by atoms with van der Waals surface area (Å²) in [7, 11) is 0. The number of nitrogens with one attached hydrogen (secondary N) is 1. The highest BCUT2D eigenvalue weighted by molar-refractivity contribution is 4.98. The fourth-order valence-electron chi connectivity index (χ4n) is 3.51. The maximum Gasteiger partial charge on any atom is 0.0844 e. The maximum absolute atomic E-state index is 3.84. The van der Waals surface area contributed by atoms with Gasteiger partial charge in [-0.05, 0) is 38.8 Å². The van der Waals surface area contributed by atoms with Crippen LogP contribution in [0.4, 0.5) is 0 Å². The molecule has 0 amide bonds. The van der Waals surface area contributed by atoms with Crippen LogP contribution in [-0.2, 0) is 0 Å². The lowest BCUT2D eigenvalue weighted by Gasteiger charge is -2.47. The first-order valence-corrected chi connectivity index (χ1v) is 8.03. The zero-order valence-electron chi connectivity index (χ0n) is 12.4. The van der Waals surface area contributed by atoms with Gasteiger partial charge in [0, 0.05) is 26.2 Å². The van der Waals surface area contributed by atoms with Crippen LogP contribution in [0.15, 0.2) is 0 Å². The summed E-state index contributed by atoms with van der Waals surface area (Å²) in [5.41, 5.74) is 0.321. The second-order valence-electron chi connectivity index (χ2n) is 6.03. The van der Waals surface area contributed by atoms with E-state index in [0.29, 0.717) is 5.66 Å². The highest BCUT2D eigenvalue weighted by Gasteiger charge is 2.42. The average Bonchev–Trinajstić information content (AvgIpc) is 2.76. The molecule has 2 fully saturated rings. The van der Waals surface area contributed by atoms with Crippen LogP contribution in [0.2, 0.25) is 0 Å². The van der Waals surface area contributed by atoms with Crippen LogP contribution in [0.1, 0.15) is 52.4 Å². The van der Waals surface area contributed by atoms with Crippen LogP contribution in [0.25, 0.3) is 0 Å². The topological polar surface area (TPSA) is 18.5 Å². The summed E-state index contributed by atoms with van der Waals surface area (Å²) in [6.07, 6.45) is 8.05. The molecule has 1 unspecified atom stereocenters. The minimum atomic E-state index is 0.321. The zero-order chi connectivity index (χ0) is 12.8. The van der Waals surface area contributed by atoms with Crippen molar-refractivity contribution < 1.29 is 0 Å². The molecule has 2 aliphatic rings. The number of nitrogens with zero attached hydrogens (tertiary/aromatic N) is 2. The van der Waals surface area contributed by atoms with Crippen LogP contribution in [0, 0.1) is 0 Å². The minimum absolute atomic E-state index is 0.321. The van der Waals surface area contributed by atoms with E-state index >= 15 is 0 Å². The summed E-state index contributed by atoms with van der Waals surface area (Å²) in [5, 5.41) is 3.84.